The molecular weight excluding hydrogens is 559 g/mol. The van der Waals surface area contributed by atoms with E-state index in [2.05, 4.69) is 27.3 Å². The van der Waals surface area contributed by atoms with Crippen molar-refractivity contribution in [3.05, 3.63) is 106 Å². The highest BCUT2D eigenvalue weighted by Crippen LogP contribution is 2.41. The van der Waals surface area contributed by atoms with Crippen molar-refractivity contribution in [1.29, 1.82) is 0 Å². The lowest BCUT2D eigenvalue weighted by molar-refractivity contribution is 0.0342. The number of nitrogens with two attached hydrogens (primary N) is 1. The third kappa shape index (κ3) is 5.67. The topological polar surface area (TPSA) is 119 Å². The van der Waals surface area contributed by atoms with Gasteiger partial charge in [0.05, 0.1) is 36.6 Å². The van der Waals surface area contributed by atoms with E-state index in [1.165, 1.54) is 16.2 Å². The maximum atomic E-state index is 15.2. The first-order valence-corrected chi connectivity index (χ1v) is 14.9. The summed E-state index contributed by atoms with van der Waals surface area (Å²) in [5.41, 5.74) is 10.6. The van der Waals surface area contributed by atoms with Crippen LogP contribution in [-0.4, -0.2) is 50.8 Å². The van der Waals surface area contributed by atoms with E-state index >= 15 is 4.39 Å². The molecule has 1 saturated carbocycles. The highest BCUT2D eigenvalue weighted by molar-refractivity contribution is 5.84. The summed E-state index contributed by atoms with van der Waals surface area (Å²) < 4.78 is 22.0. The number of aliphatic hydroxyl groups is 1. The predicted molar refractivity (Wildman–Crippen MR) is 169 cm³/mol. The van der Waals surface area contributed by atoms with Crippen molar-refractivity contribution in [3.63, 3.8) is 0 Å². The Kier molecular flexibility index (Phi) is 7.55. The lowest BCUT2D eigenvalue weighted by Gasteiger charge is -2.26. The van der Waals surface area contributed by atoms with Gasteiger partial charge in [-0.2, -0.15) is 4.98 Å². The molecule has 5 aromatic rings. The number of pyridine rings is 1. The summed E-state index contributed by atoms with van der Waals surface area (Å²) in [4.78, 5) is 25.0. The number of hydrogen-bond acceptors (Lipinski definition) is 8. The van der Waals surface area contributed by atoms with E-state index in [1.807, 2.05) is 18.2 Å². The van der Waals surface area contributed by atoms with Crippen LogP contribution in [0.2, 0.25) is 0 Å². The van der Waals surface area contributed by atoms with Crippen molar-refractivity contribution in [2.75, 3.05) is 37.4 Å². The smallest absolute Gasteiger partial charge is 0.265 e. The van der Waals surface area contributed by atoms with E-state index in [0.717, 1.165) is 56.9 Å². The number of morpholine rings is 1. The molecule has 10 heteroatoms. The van der Waals surface area contributed by atoms with Gasteiger partial charge in [0.25, 0.3) is 5.56 Å². The first-order valence-electron chi connectivity index (χ1n) is 14.9. The van der Waals surface area contributed by atoms with E-state index in [9.17, 15) is 9.90 Å². The lowest BCUT2D eigenvalue weighted by atomic mass is 10.0. The molecule has 0 amide bonds. The van der Waals surface area contributed by atoms with Gasteiger partial charge in [-0.15, -0.1) is 0 Å². The fourth-order valence-corrected chi connectivity index (χ4v) is 5.90. The van der Waals surface area contributed by atoms with Crippen LogP contribution < -0.4 is 16.6 Å². The van der Waals surface area contributed by atoms with Gasteiger partial charge in [-0.1, -0.05) is 30.3 Å². The Balaban J connectivity index is 1.19. The number of halogens is 1. The Bertz CT molecular complexity index is 1900. The summed E-state index contributed by atoms with van der Waals surface area (Å²) in [6, 6.07) is 20.1. The molecular formula is C34H33FN6O3. The van der Waals surface area contributed by atoms with Gasteiger partial charge in [0.2, 0.25) is 5.95 Å². The number of nitrogens with zero attached hydrogens (tertiary/aromatic N) is 4. The van der Waals surface area contributed by atoms with Crippen LogP contribution in [0.4, 0.5) is 21.8 Å². The van der Waals surface area contributed by atoms with Gasteiger partial charge in [-0.25, -0.2) is 9.37 Å². The molecule has 0 unspecified atom stereocenters. The van der Waals surface area contributed by atoms with E-state index in [0.29, 0.717) is 39.8 Å². The minimum absolute atomic E-state index is 0.0277. The number of nitrogens with one attached hydrogen (secondary N) is 1. The third-order valence-electron chi connectivity index (χ3n) is 8.34. The largest absolute Gasteiger partial charge is 0.392 e. The molecule has 1 saturated heterocycles. The monoisotopic (exact) mass is 592 g/mol. The van der Waals surface area contributed by atoms with Crippen LogP contribution in [-0.2, 0) is 17.9 Å². The van der Waals surface area contributed by atoms with Crippen LogP contribution in [0.3, 0.4) is 0 Å². The van der Waals surface area contributed by atoms with Gasteiger partial charge in [0.15, 0.2) is 0 Å². The molecule has 0 atom stereocenters. The van der Waals surface area contributed by atoms with Crippen LogP contribution in [0.25, 0.3) is 27.7 Å². The van der Waals surface area contributed by atoms with Gasteiger partial charge in [-0.3, -0.25) is 14.3 Å². The second-order valence-electron chi connectivity index (χ2n) is 11.4. The van der Waals surface area contributed by atoms with E-state index in [-0.39, 0.29) is 17.8 Å². The van der Waals surface area contributed by atoms with Crippen molar-refractivity contribution in [1.82, 2.24) is 19.4 Å². The Morgan fingerprint density at radius 1 is 1.02 bits per heavy atom. The molecule has 2 aliphatic rings. The number of aromatic nitrogens is 3. The Morgan fingerprint density at radius 3 is 2.57 bits per heavy atom. The Labute approximate surface area is 253 Å². The molecule has 7 rings (SSSR count). The minimum Gasteiger partial charge on any atom is -0.392 e. The zero-order valence-electron chi connectivity index (χ0n) is 24.2. The average molecular weight is 593 g/mol. The van der Waals surface area contributed by atoms with Crippen LogP contribution in [0.15, 0.2) is 77.7 Å². The number of anilines is 3. The quantitative estimate of drug-likeness (QED) is 0.227. The molecule has 0 radical (unpaired) electrons. The molecule has 2 fully saturated rings. The van der Waals surface area contributed by atoms with Crippen LogP contribution in [0, 0.1) is 5.82 Å². The van der Waals surface area contributed by atoms with Crippen molar-refractivity contribution in [2.45, 2.75) is 31.9 Å². The summed E-state index contributed by atoms with van der Waals surface area (Å²) in [7, 11) is 0. The molecule has 224 valence electrons. The first kappa shape index (κ1) is 28.1. The predicted octanol–water partition coefficient (Wildman–Crippen LogP) is 5.11. The van der Waals surface area contributed by atoms with E-state index in [1.54, 1.807) is 36.5 Å². The number of aliphatic hydroxyl groups excluding tert-OH is 1. The molecule has 3 aromatic carbocycles. The molecule has 1 aliphatic heterocycles. The van der Waals surface area contributed by atoms with E-state index in [4.69, 9.17) is 15.5 Å². The first-order chi connectivity index (χ1) is 21.5. The van der Waals surface area contributed by atoms with Gasteiger partial charge in [-0.05, 0) is 65.6 Å². The van der Waals surface area contributed by atoms with Crippen molar-refractivity contribution in [3.8, 4) is 16.9 Å². The van der Waals surface area contributed by atoms with Crippen LogP contribution in [0.5, 0.6) is 0 Å². The van der Waals surface area contributed by atoms with E-state index < -0.39 is 11.4 Å². The number of rotatable bonds is 8. The summed E-state index contributed by atoms with van der Waals surface area (Å²) in [6.45, 7) is 3.84. The molecule has 1 aliphatic carbocycles. The standard InChI is InChI=1S/C34H33FN6O3/c35-28-17-24(22-6-7-22)16-23-10-11-41(33(43)32(23)28)30-3-1-2-26(27(30)20-42)29-18-31(36)39-34(38-29)37-25-8-4-21(5-9-25)19-40-12-14-44-15-13-40/h1-5,8-11,16-18,22,42H,6-7,12-15,19-20H2,(H3,36,37,38,39). The van der Waals surface area contributed by atoms with Gasteiger partial charge < -0.3 is 20.9 Å². The minimum atomic E-state index is -0.529. The summed E-state index contributed by atoms with van der Waals surface area (Å²) >= 11 is 0. The lowest BCUT2D eigenvalue weighted by Crippen LogP contribution is -2.35. The van der Waals surface area contributed by atoms with Crippen LogP contribution >= 0.6 is 0 Å². The van der Waals surface area contributed by atoms with Crippen molar-refractivity contribution < 1.29 is 14.2 Å². The second kappa shape index (κ2) is 11.8. The number of nitrogen functional groups attached to an aromatic ring is 1. The summed E-state index contributed by atoms with van der Waals surface area (Å²) in [5.74, 6) is 0.381. The maximum Gasteiger partial charge on any atom is 0.265 e. The highest BCUT2D eigenvalue weighted by Gasteiger charge is 2.25. The zero-order chi connectivity index (χ0) is 30.2. The van der Waals surface area contributed by atoms with Crippen LogP contribution in [0.1, 0.15) is 35.4 Å². The molecule has 3 heterocycles. The van der Waals surface area contributed by atoms with Gasteiger partial charge in [0.1, 0.15) is 11.6 Å². The molecule has 2 aromatic heterocycles. The summed E-state index contributed by atoms with van der Waals surface area (Å²) in [6.07, 6.45) is 3.71. The van der Waals surface area contributed by atoms with Gasteiger partial charge in [0, 0.05) is 48.7 Å². The Morgan fingerprint density at radius 2 is 1.82 bits per heavy atom. The maximum absolute atomic E-state index is 15.2. The highest BCUT2D eigenvalue weighted by atomic mass is 19.1. The second-order valence-corrected chi connectivity index (χ2v) is 11.4. The fourth-order valence-electron chi connectivity index (χ4n) is 5.90. The molecule has 4 N–H and O–H groups in total. The number of ether oxygens (including phenoxy) is 1. The number of hydrogen-bond donors (Lipinski definition) is 3. The third-order valence-corrected chi connectivity index (χ3v) is 8.34. The van der Waals surface area contributed by atoms with Gasteiger partial charge >= 0.3 is 0 Å². The average Bonchev–Trinajstić information content (AvgIpc) is 3.88. The molecule has 44 heavy (non-hydrogen) atoms. The van der Waals surface area contributed by atoms with Crippen molar-refractivity contribution in [2.24, 2.45) is 0 Å². The number of fused-ring (bicyclic) bond motifs is 1. The SMILES string of the molecule is Nc1cc(-c2cccc(-n3ccc4cc(C5CC5)cc(F)c4c3=O)c2CO)nc(Nc2ccc(CN3CCOCC3)cc2)n1. The van der Waals surface area contributed by atoms with Crippen molar-refractivity contribution >= 4 is 28.2 Å². The fraction of sp³-hybridized carbons (Fsp3) is 0.265. The normalized spacial score (nSPS) is 15.5. The molecule has 0 spiro atoms. The number of benzene rings is 3. The zero-order valence-corrected chi connectivity index (χ0v) is 24.2. The molecule has 0 bridgehead atoms. The Hall–Kier alpha value is -4.64. The summed E-state index contributed by atoms with van der Waals surface area (Å²) in [5, 5.41) is 14.3. The molecule has 9 nitrogen and oxygen atoms in total.